The third kappa shape index (κ3) is 4.77. The molecule has 0 atom stereocenters. The predicted molar refractivity (Wildman–Crippen MR) is 108 cm³/mol. The number of aryl methyl sites for hydroxylation is 1. The van der Waals surface area contributed by atoms with Gasteiger partial charge in [-0.15, -0.1) is 11.3 Å². The molecule has 0 saturated heterocycles. The van der Waals surface area contributed by atoms with E-state index in [-0.39, 0.29) is 5.75 Å². The number of hydrogen-bond acceptors (Lipinski definition) is 4. The first kappa shape index (κ1) is 20.5. The monoisotopic (exact) mass is 470 g/mol. The molecule has 3 N–H and O–H groups in total. The van der Waals surface area contributed by atoms with Gasteiger partial charge >= 0.3 is 6.61 Å². The number of nitrogens with two attached hydrogens (primary N) is 1. The second kappa shape index (κ2) is 8.83. The minimum absolute atomic E-state index is 0.0494. The molecule has 1 heterocycles. The van der Waals surface area contributed by atoms with Gasteiger partial charge in [0.25, 0.3) is 5.91 Å². The van der Waals surface area contributed by atoms with Gasteiger partial charge in [0.15, 0.2) is 0 Å². The molecule has 0 fully saturated rings. The first-order valence-corrected chi connectivity index (χ1v) is 10.1. The Morgan fingerprint density at radius 3 is 2.75 bits per heavy atom. The minimum Gasteiger partial charge on any atom is -0.434 e. The van der Waals surface area contributed by atoms with E-state index >= 15 is 0 Å². The van der Waals surface area contributed by atoms with Gasteiger partial charge in [-0.2, -0.15) is 8.78 Å². The number of benzene rings is 1. The molecule has 1 aliphatic rings. The van der Waals surface area contributed by atoms with Crippen LogP contribution in [0, 0.1) is 0 Å². The average Bonchev–Trinajstić information content (AvgIpc) is 2.99. The van der Waals surface area contributed by atoms with Gasteiger partial charge in [-0.1, -0.05) is 15.9 Å². The zero-order chi connectivity index (χ0) is 20.3. The largest absolute Gasteiger partial charge is 0.434 e. The molecule has 0 aliphatic heterocycles. The highest BCUT2D eigenvalue weighted by Crippen LogP contribution is 2.38. The Balaban J connectivity index is 1.81. The number of anilines is 1. The fourth-order valence-electron chi connectivity index (χ4n) is 3.09. The molecule has 148 valence electrons. The van der Waals surface area contributed by atoms with Crippen molar-refractivity contribution in [1.82, 2.24) is 0 Å². The summed E-state index contributed by atoms with van der Waals surface area (Å²) in [7, 11) is 0. The Kier molecular flexibility index (Phi) is 6.46. The molecule has 9 heteroatoms. The number of fused-ring (bicyclic) bond motifs is 1. The smallest absolute Gasteiger partial charge is 0.387 e. The Labute approximate surface area is 172 Å². The summed E-state index contributed by atoms with van der Waals surface area (Å²) in [4.78, 5) is 25.3. The third-order valence-corrected chi connectivity index (χ3v) is 5.96. The topological polar surface area (TPSA) is 81.4 Å². The maximum Gasteiger partial charge on any atom is 0.387 e. The summed E-state index contributed by atoms with van der Waals surface area (Å²) < 4.78 is 30.2. The lowest BCUT2D eigenvalue weighted by Gasteiger charge is -2.11. The summed E-state index contributed by atoms with van der Waals surface area (Å²) in [6.07, 6.45) is 6.21. The zero-order valence-corrected chi connectivity index (χ0v) is 17.0. The van der Waals surface area contributed by atoms with Crippen LogP contribution in [-0.4, -0.2) is 18.4 Å². The second-order valence-electron chi connectivity index (χ2n) is 6.16. The fraction of sp³-hybridized carbons (Fsp3) is 0.263. The first-order valence-electron chi connectivity index (χ1n) is 8.53. The average molecular weight is 471 g/mol. The van der Waals surface area contributed by atoms with Crippen LogP contribution in [0.5, 0.6) is 5.75 Å². The molecule has 0 radical (unpaired) electrons. The highest BCUT2D eigenvalue weighted by molar-refractivity contribution is 9.10. The molecular formula is C19H17BrF2N2O3S. The van der Waals surface area contributed by atoms with Gasteiger partial charge in [0.05, 0.1) is 5.56 Å². The molecule has 0 bridgehead atoms. The maximum atomic E-state index is 12.5. The lowest BCUT2D eigenvalue weighted by Crippen LogP contribution is -2.17. The van der Waals surface area contributed by atoms with Crippen molar-refractivity contribution in [2.24, 2.45) is 5.73 Å². The van der Waals surface area contributed by atoms with Gasteiger partial charge in [-0.25, -0.2) is 0 Å². The quantitative estimate of drug-likeness (QED) is 0.598. The molecular weight excluding hydrogens is 454 g/mol. The number of amides is 2. The fourth-order valence-corrected chi connectivity index (χ4v) is 4.76. The van der Waals surface area contributed by atoms with Crippen molar-refractivity contribution in [1.29, 1.82) is 0 Å². The zero-order valence-electron chi connectivity index (χ0n) is 14.6. The normalized spacial score (nSPS) is 13.6. The van der Waals surface area contributed by atoms with Crippen LogP contribution in [0.1, 0.15) is 39.2 Å². The number of nitrogens with one attached hydrogen (secondary N) is 1. The number of primary amides is 1. The number of ether oxygens (including phenoxy) is 1. The summed E-state index contributed by atoms with van der Waals surface area (Å²) in [6, 6.07) is 4.50. The van der Waals surface area contributed by atoms with E-state index in [0.717, 1.165) is 36.1 Å². The molecule has 1 aromatic heterocycles. The Bertz CT molecular complexity index is 944. The molecule has 1 aromatic carbocycles. The van der Waals surface area contributed by atoms with Crippen molar-refractivity contribution in [3.63, 3.8) is 0 Å². The summed E-state index contributed by atoms with van der Waals surface area (Å²) in [5.74, 6) is -1.12. The van der Waals surface area contributed by atoms with Crippen molar-refractivity contribution in [2.75, 3.05) is 5.32 Å². The maximum absolute atomic E-state index is 12.5. The van der Waals surface area contributed by atoms with Gasteiger partial charge in [0.2, 0.25) is 5.91 Å². The van der Waals surface area contributed by atoms with Crippen LogP contribution in [0.2, 0.25) is 0 Å². The molecule has 0 saturated carbocycles. The number of thiophene rings is 1. The summed E-state index contributed by atoms with van der Waals surface area (Å²) in [5, 5.41) is 3.11. The highest BCUT2D eigenvalue weighted by Gasteiger charge is 2.24. The molecule has 28 heavy (non-hydrogen) atoms. The molecule has 2 aromatic rings. The molecule has 5 nitrogen and oxygen atoms in total. The number of hydrogen-bond donors (Lipinski definition) is 2. The Hall–Kier alpha value is -2.26. The highest BCUT2D eigenvalue weighted by atomic mass is 79.9. The van der Waals surface area contributed by atoms with Gasteiger partial charge in [0.1, 0.15) is 10.8 Å². The Morgan fingerprint density at radius 1 is 1.29 bits per heavy atom. The molecule has 0 unspecified atom stereocenters. The summed E-state index contributed by atoms with van der Waals surface area (Å²) in [6.45, 7) is -2.97. The van der Waals surface area contributed by atoms with E-state index in [1.807, 2.05) is 0 Å². The van der Waals surface area contributed by atoms with E-state index in [9.17, 15) is 18.4 Å². The van der Waals surface area contributed by atoms with Crippen LogP contribution in [-0.2, 0) is 17.6 Å². The van der Waals surface area contributed by atoms with Crippen molar-refractivity contribution >= 4 is 50.2 Å². The van der Waals surface area contributed by atoms with Crippen LogP contribution < -0.4 is 15.8 Å². The van der Waals surface area contributed by atoms with Crippen LogP contribution in [0.3, 0.4) is 0 Å². The van der Waals surface area contributed by atoms with Crippen molar-refractivity contribution in [3.8, 4) is 5.75 Å². The lowest BCUT2D eigenvalue weighted by atomic mass is 9.95. The molecule has 0 spiro atoms. The van der Waals surface area contributed by atoms with E-state index in [2.05, 4.69) is 26.0 Å². The van der Waals surface area contributed by atoms with Crippen LogP contribution in [0.4, 0.5) is 13.8 Å². The number of alkyl halides is 2. The van der Waals surface area contributed by atoms with E-state index in [4.69, 9.17) is 5.73 Å². The lowest BCUT2D eigenvalue weighted by molar-refractivity contribution is -0.111. The summed E-state index contributed by atoms with van der Waals surface area (Å²) >= 11 is 4.61. The number of carbonyl (C=O) groups is 2. The first-order chi connectivity index (χ1) is 13.3. The number of carbonyl (C=O) groups excluding carboxylic acids is 2. The van der Waals surface area contributed by atoms with E-state index in [0.29, 0.717) is 20.6 Å². The van der Waals surface area contributed by atoms with Gasteiger partial charge in [0, 0.05) is 21.0 Å². The molecule has 1 aliphatic carbocycles. The second-order valence-corrected chi connectivity index (χ2v) is 8.18. The van der Waals surface area contributed by atoms with Crippen molar-refractivity contribution < 1.29 is 23.1 Å². The van der Waals surface area contributed by atoms with E-state index in [1.165, 1.54) is 29.6 Å². The van der Waals surface area contributed by atoms with Crippen LogP contribution in [0.15, 0.2) is 28.7 Å². The Morgan fingerprint density at radius 2 is 2.04 bits per heavy atom. The van der Waals surface area contributed by atoms with Crippen molar-refractivity contribution in [3.05, 3.63) is 50.3 Å². The molecule has 3 rings (SSSR count). The van der Waals surface area contributed by atoms with Crippen LogP contribution in [0.25, 0.3) is 6.08 Å². The van der Waals surface area contributed by atoms with Gasteiger partial charge < -0.3 is 15.8 Å². The summed E-state index contributed by atoms with van der Waals surface area (Å²) in [5.41, 5.74) is 7.11. The number of halogens is 3. The van der Waals surface area contributed by atoms with Gasteiger partial charge in [-0.05, 0) is 55.5 Å². The standard InChI is InChI=1S/C19H17BrF2N2O3S/c20-11-6-7-13(27-19(21)22)10(9-11)5-8-15(25)24-18-16(17(23)26)12-3-1-2-4-14(12)28-18/h5-9,19H,1-4H2,(H2,23,26)(H,24,25)/b8-5+. The minimum atomic E-state index is -2.97. The van der Waals surface area contributed by atoms with E-state index in [1.54, 1.807) is 12.1 Å². The number of rotatable bonds is 6. The third-order valence-electron chi connectivity index (χ3n) is 4.26. The van der Waals surface area contributed by atoms with Crippen molar-refractivity contribution in [2.45, 2.75) is 32.3 Å². The van der Waals surface area contributed by atoms with E-state index < -0.39 is 18.4 Å². The molecule has 2 amide bonds. The van der Waals surface area contributed by atoms with Crippen LogP contribution >= 0.6 is 27.3 Å². The predicted octanol–water partition coefficient (Wildman–Crippen LogP) is 4.74. The SMILES string of the molecule is NC(=O)c1c(NC(=O)/C=C/c2cc(Br)ccc2OC(F)F)sc2c1CCCC2. The van der Waals surface area contributed by atoms with Gasteiger partial charge in [-0.3, -0.25) is 9.59 Å².